The van der Waals surface area contributed by atoms with E-state index < -0.39 is 0 Å². The van der Waals surface area contributed by atoms with Crippen LogP contribution in [0.5, 0.6) is 5.75 Å². The van der Waals surface area contributed by atoms with Crippen molar-refractivity contribution in [3.8, 4) is 16.9 Å². The summed E-state index contributed by atoms with van der Waals surface area (Å²) in [6.45, 7) is 2.06. The Labute approximate surface area is 191 Å². The highest BCUT2D eigenvalue weighted by Crippen LogP contribution is 2.25. The van der Waals surface area contributed by atoms with Gasteiger partial charge in [-0.05, 0) is 24.6 Å². The van der Waals surface area contributed by atoms with Gasteiger partial charge in [0.2, 0.25) is 5.91 Å². The van der Waals surface area contributed by atoms with Gasteiger partial charge in [-0.3, -0.25) is 19.9 Å². The number of carbonyl (C=O) groups is 1. The molecule has 1 fully saturated rings. The summed E-state index contributed by atoms with van der Waals surface area (Å²) < 4.78 is 11.8. The standard InChI is InChI=1S/C25H25N5O3/c31-24(7-3-12-32-22-6-1-4-18-5-2-10-26-25(18)22)30-11-13-33-23(17-30)21-9-8-19(14-27-21)20-15-28-29-16-20/h1-2,4-6,8-10,14-16,23H,3,7,11-13,17H2,(H,28,29). The summed E-state index contributed by atoms with van der Waals surface area (Å²) >= 11 is 0. The maximum Gasteiger partial charge on any atom is 0.222 e. The van der Waals surface area contributed by atoms with Crippen LogP contribution in [-0.4, -0.2) is 57.3 Å². The van der Waals surface area contributed by atoms with Gasteiger partial charge in [0.15, 0.2) is 0 Å². The third-order valence-corrected chi connectivity index (χ3v) is 5.76. The number of nitrogens with one attached hydrogen (secondary N) is 1. The van der Waals surface area contributed by atoms with E-state index in [2.05, 4.69) is 20.2 Å². The SMILES string of the molecule is O=C(CCCOc1cccc2cccnc12)N1CCOC(c2ccc(-c3cn[nH]c3)cn2)C1. The van der Waals surface area contributed by atoms with Crippen LogP contribution in [0.3, 0.4) is 0 Å². The molecule has 1 aliphatic heterocycles. The predicted molar refractivity (Wildman–Crippen MR) is 124 cm³/mol. The first-order valence-electron chi connectivity index (χ1n) is 11.1. The minimum Gasteiger partial charge on any atom is -0.491 e. The lowest BCUT2D eigenvalue weighted by Crippen LogP contribution is -2.42. The molecule has 1 unspecified atom stereocenters. The van der Waals surface area contributed by atoms with Gasteiger partial charge in [-0.25, -0.2) is 0 Å². The highest BCUT2D eigenvalue weighted by Gasteiger charge is 2.26. The molecule has 1 N–H and O–H groups in total. The molecule has 4 aromatic rings. The zero-order chi connectivity index (χ0) is 22.5. The fourth-order valence-electron chi connectivity index (χ4n) is 3.99. The molecule has 33 heavy (non-hydrogen) atoms. The number of ether oxygens (including phenoxy) is 2. The number of para-hydroxylation sites is 1. The summed E-state index contributed by atoms with van der Waals surface area (Å²) in [5.74, 6) is 0.856. The maximum atomic E-state index is 12.8. The van der Waals surface area contributed by atoms with Gasteiger partial charge < -0.3 is 14.4 Å². The minimum absolute atomic E-state index is 0.109. The number of hydrogen-bond donors (Lipinski definition) is 1. The largest absolute Gasteiger partial charge is 0.491 e. The summed E-state index contributed by atoms with van der Waals surface area (Å²) in [5, 5.41) is 7.81. The molecule has 0 saturated carbocycles. The van der Waals surface area contributed by atoms with E-state index in [9.17, 15) is 4.79 Å². The van der Waals surface area contributed by atoms with Gasteiger partial charge in [0, 0.05) is 48.1 Å². The van der Waals surface area contributed by atoms with Crippen LogP contribution < -0.4 is 4.74 Å². The van der Waals surface area contributed by atoms with Crippen LogP contribution in [0.15, 0.2) is 67.3 Å². The highest BCUT2D eigenvalue weighted by atomic mass is 16.5. The summed E-state index contributed by atoms with van der Waals surface area (Å²) in [7, 11) is 0. The second-order valence-electron chi connectivity index (χ2n) is 7.94. The van der Waals surface area contributed by atoms with Crippen LogP contribution in [0.2, 0.25) is 0 Å². The van der Waals surface area contributed by atoms with Gasteiger partial charge in [-0.2, -0.15) is 5.10 Å². The first-order chi connectivity index (χ1) is 16.3. The number of nitrogens with zero attached hydrogens (tertiary/aromatic N) is 4. The van der Waals surface area contributed by atoms with Crippen LogP contribution in [0.1, 0.15) is 24.6 Å². The van der Waals surface area contributed by atoms with E-state index in [1.807, 2.05) is 59.8 Å². The molecule has 1 atom stereocenters. The topological polar surface area (TPSA) is 93.2 Å². The van der Waals surface area contributed by atoms with Crippen molar-refractivity contribution < 1.29 is 14.3 Å². The van der Waals surface area contributed by atoms with Gasteiger partial charge in [0.25, 0.3) is 0 Å². The lowest BCUT2D eigenvalue weighted by molar-refractivity contribution is -0.139. The van der Waals surface area contributed by atoms with Crippen molar-refractivity contribution in [2.45, 2.75) is 18.9 Å². The number of aromatic amines is 1. The van der Waals surface area contributed by atoms with E-state index in [4.69, 9.17) is 9.47 Å². The number of hydrogen-bond acceptors (Lipinski definition) is 6. The Morgan fingerprint density at radius 1 is 1.12 bits per heavy atom. The fraction of sp³-hybridized carbons (Fsp3) is 0.280. The van der Waals surface area contributed by atoms with Gasteiger partial charge in [0.05, 0.1) is 31.6 Å². The summed E-state index contributed by atoms with van der Waals surface area (Å²) in [5.41, 5.74) is 3.63. The van der Waals surface area contributed by atoms with E-state index in [1.54, 1.807) is 12.4 Å². The average molecular weight is 444 g/mol. The number of H-pyrrole nitrogens is 1. The number of morpholine rings is 1. The van der Waals surface area contributed by atoms with Gasteiger partial charge in [0.1, 0.15) is 17.4 Å². The number of fused-ring (bicyclic) bond motifs is 1. The number of carbonyl (C=O) groups excluding carboxylic acids is 1. The summed E-state index contributed by atoms with van der Waals surface area (Å²) in [6.07, 6.45) is 8.00. The second-order valence-corrected chi connectivity index (χ2v) is 7.94. The minimum atomic E-state index is -0.223. The summed E-state index contributed by atoms with van der Waals surface area (Å²) in [6, 6.07) is 13.7. The van der Waals surface area contributed by atoms with E-state index in [-0.39, 0.29) is 12.0 Å². The molecule has 1 saturated heterocycles. The third kappa shape index (κ3) is 4.85. The molecule has 0 bridgehead atoms. The van der Waals surface area contributed by atoms with Crippen LogP contribution in [-0.2, 0) is 9.53 Å². The Morgan fingerprint density at radius 2 is 2.06 bits per heavy atom. The average Bonchev–Trinajstić information content (AvgIpc) is 3.42. The Balaban J connectivity index is 1.13. The quantitative estimate of drug-likeness (QED) is 0.437. The lowest BCUT2D eigenvalue weighted by atomic mass is 10.1. The Bertz CT molecular complexity index is 1210. The molecule has 1 amide bonds. The van der Waals surface area contributed by atoms with Crippen molar-refractivity contribution in [3.05, 3.63) is 72.9 Å². The second kappa shape index (κ2) is 9.79. The molecular formula is C25H25N5O3. The van der Waals surface area contributed by atoms with E-state index in [0.29, 0.717) is 39.1 Å². The first-order valence-corrected chi connectivity index (χ1v) is 11.1. The molecule has 5 rings (SSSR count). The Kier molecular flexibility index (Phi) is 6.25. The zero-order valence-electron chi connectivity index (χ0n) is 18.2. The van der Waals surface area contributed by atoms with Gasteiger partial charge in [-0.15, -0.1) is 0 Å². The number of rotatable bonds is 7. The maximum absolute atomic E-state index is 12.8. The summed E-state index contributed by atoms with van der Waals surface area (Å²) in [4.78, 5) is 23.6. The molecule has 8 nitrogen and oxygen atoms in total. The monoisotopic (exact) mass is 443 g/mol. The molecule has 1 aliphatic rings. The van der Waals surface area contributed by atoms with Crippen molar-refractivity contribution in [2.24, 2.45) is 0 Å². The van der Waals surface area contributed by atoms with Crippen LogP contribution >= 0.6 is 0 Å². The Hall–Kier alpha value is -3.78. The van der Waals surface area contributed by atoms with Crippen molar-refractivity contribution in [1.29, 1.82) is 0 Å². The zero-order valence-corrected chi connectivity index (χ0v) is 18.2. The lowest BCUT2D eigenvalue weighted by Gasteiger charge is -2.32. The van der Waals surface area contributed by atoms with Crippen molar-refractivity contribution in [1.82, 2.24) is 25.1 Å². The normalized spacial score (nSPS) is 16.1. The molecule has 0 spiro atoms. The van der Waals surface area contributed by atoms with Crippen molar-refractivity contribution in [3.63, 3.8) is 0 Å². The third-order valence-electron chi connectivity index (χ3n) is 5.76. The number of amides is 1. The smallest absolute Gasteiger partial charge is 0.222 e. The van der Waals surface area contributed by atoms with Crippen LogP contribution in [0, 0.1) is 0 Å². The van der Waals surface area contributed by atoms with E-state index >= 15 is 0 Å². The highest BCUT2D eigenvalue weighted by molar-refractivity contribution is 5.84. The number of benzene rings is 1. The molecule has 3 aromatic heterocycles. The molecule has 0 radical (unpaired) electrons. The number of aromatic nitrogens is 4. The van der Waals surface area contributed by atoms with E-state index in [1.165, 1.54) is 0 Å². The van der Waals surface area contributed by atoms with Crippen molar-refractivity contribution in [2.75, 3.05) is 26.3 Å². The molecule has 4 heterocycles. The molecule has 0 aliphatic carbocycles. The predicted octanol–water partition coefficient (Wildman–Crippen LogP) is 3.78. The van der Waals surface area contributed by atoms with Crippen LogP contribution in [0.25, 0.3) is 22.0 Å². The van der Waals surface area contributed by atoms with Gasteiger partial charge >= 0.3 is 0 Å². The first kappa shape index (κ1) is 21.1. The molecular weight excluding hydrogens is 418 g/mol. The molecule has 1 aromatic carbocycles. The van der Waals surface area contributed by atoms with Crippen molar-refractivity contribution >= 4 is 16.8 Å². The van der Waals surface area contributed by atoms with Gasteiger partial charge in [-0.1, -0.05) is 24.3 Å². The molecule has 8 heteroatoms. The fourth-order valence-corrected chi connectivity index (χ4v) is 3.99. The molecule has 168 valence electrons. The number of pyridine rings is 2. The Morgan fingerprint density at radius 3 is 2.91 bits per heavy atom. The van der Waals surface area contributed by atoms with Crippen LogP contribution in [0.4, 0.5) is 0 Å². The van der Waals surface area contributed by atoms with E-state index in [0.717, 1.165) is 33.5 Å².